The first-order chi connectivity index (χ1) is 16.9. The van der Waals surface area contributed by atoms with Crippen molar-refractivity contribution < 1.29 is 4.39 Å². The summed E-state index contributed by atoms with van der Waals surface area (Å²) in [5.41, 5.74) is 2.24. The van der Waals surface area contributed by atoms with Crippen LogP contribution in [-0.4, -0.2) is 19.3 Å². The second-order valence-corrected chi connectivity index (χ2v) is 10.9. The number of aromatic nitrogens is 4. The molecule has 0 radical (unpaired) electrons. The van der Waals surface area contributed by atoms with Crippen LogP contribution in [0.2, 0.25) is 15.1 Å². The van der Waals surface area contributed by atoms with E-state index in [0.717, 1.165) is 10.4 Å². The molecule has 0 bridgehead atoms. The highest BCUT2D eigenvalue weighted by Crippen LogP contribution is 2.37. The standard InChI is InChI=1S/C25H18Cl3FN4S2/c1-32-12-22(17-5-2-3-8-21(17)32)34-14-23-30-31-25(33(23)24-18(27)6-4-7-19(24)28)35-13-15-11-16(26)9-10-20(15)29/h2-12H,13-14H2,1H3. The summed E-state index contributed by atoms with van der Waals surface area (Å²) >= 11 is 22.2. The lowest BCUT2D eigenvalue weighted by atomic mass is 10.2. The van der Waals surface area contributed by atoms with Crippen molar-refractivity contribution >= 4 is 69.2 Å². The fourth-order valence-electron chi connectivity index (χ4n) is 3.77. The molecule has 0 unspecified atom stereocenters. The summed E-state index contributed by atoms with van der Waals surface area (Å²) in [4.78, 5) is 1.14. The van der Waals surface area contributed by atoms with Gasteiger partial charge in [0.05, 0.1) is 21.5 Å². The molecule has 0 atom stereocenters. The van der Waals surface area contributed by atoms with Gasteiger partial charge in [-0.1, -0.05) is 70.8 Å². The highest BCUT2D eigenvalue weighted by molar-refractivity contribution is 7.99. The molecule has 2 heterocycles. The van der Waals surface area contributed by atoms with E-state index in [1.807, 2.05) is 23.7 Å². The number of thioether (sulfide) groups is 2. The molecule has 178 valence electrons. The van der Waals surface area contributed by atoms with E-state index >= 15 is 0 Å². The van der Waals surface area contributed by atoms with E-state index < -0.39 is 0 Å². The van der Waals surface area contributed by atoms with E-state index in [9.17, 15) is 4.39 Å². The fourth-order valence-corrected chi connectivity index (χ4v) is 6.50. The third-order valence-electron chi connectivity index (χ3n) is 5.44. The molecule has 0 fully saturated rings. The molecule has 0 aliphatic carbocycles. The molecule has 5 aromatic rings. The van der Waals surface area contributed by atoms with Gasteiger partial charge in [0.25, 0.3) is 0 Å². The van der Waals surface area contributed by atoms with Crippen LogP contribution < -0.4 is 0 Å². The minimum absolute atomic E-state index is 0.322. The summed E-state index contributed by atoms with van der Waals surface area (Å²) in [6.07, 6.45) is 2.11. The Morgan fingerprint density at radius 3 is 2.46 bits per heavy atom. The SMILES string of the molecule is Cn1cc(SCc2nnc(SCc3cc(Cl)ccc3F)n2-c2c(Cl)cccc2Cl)c2ccccc21. The van der Waals surface area contributed by atoms with Crippen molar-refractivity contribution in [3.8, 4) is 5.69 Å². The van der Waals surface area contributed by atoms with Gasteiger partial charge in [-0.05, 0) is 42.0 Å². The number of aryl methyl sites for hydroxylation is 1. The van der Waals surface area contributed by atoms with E-state index in [-0.39, 0.29) is 5.82 Å². The molecule has 10 heteroatoms. The van der Waals surface area contributed by atoms with Gasteiger partial charge in [0, 0.05) is 39.8 Å². The molecule has 0 saturated heterocycles. The third-order valence-corrected chi connectivity index (χ3v) is 8.30. The Balaban J connectivity index is 1.50. The van der Waals surface area contributed by atoms with Crippen molar-refractivity contribution in [2.75, 3.05) is 0 Å². The average Bonchev–Trinajstić information content (AvgIpc) is 3.39. The van der Waals surface area contributed by atoms with Gasteiger partial charge < -0.3 is 4.57 Å². The minimum Gasteiger partial charge on any atom is -0.349 e. The van der Waals surface area contributed by atoms with Crippen molar-refractivity contribution in [1.29, 1.82) is 0 Å². The first-order valence-corrected chi connectivity index (χ1v) is 13.6. The molecule has 0 spiro atoms. The highest BCUT2D eigenvalue weighted by atomic mass is 35.5. The van der Waals surface area contributed by atoms with Crippen molar-refractivity contribution in [2.24, 2.45) is 7.05 Å². The predicted octanol–water partition coefficient (Wildman–Crippen LogP) is 8.44. The number of para-hydroxylation sites is 2. The molecule has 0 amide bonds. The van der Waals surface area contributed by atoms with E-state index in [4.69, 9.17) is 34.8 Å². The highest BCUT2D eigenvalue weighted by Gasteiger charge is 2.20. The zero-order chi connectivity index (χ0) is 24.5. The third kappa shape index (κ3) is 5.06. The molecule has 0 aliphatic rings. The van der Waals surface area contributed by atoms with Crippen LogP contribution in [0, 0.1) is 5.82 Å². The van der Waals surface area contributed by atoms with E-state index in [0.29, 0.717) is 48.8 Å². The Morgan fingerprint density at radius 1 is 0.886 bits per heavy atom. The van der Waals surface area contributed by atoms with Gasteiger partial charge in [0.15, 0.2) is 5.16 Å². The van der Waals surface area contributed by atoms with Crippen LogP contribution in [-0.2, 0) is 18.6 Å². The summed E-state index contributed by atoms with van der Waals surface area (Å²) < 4.78 is 18.3. The molecule has 3 aromatic carbocycles. The Hall–Kier alpha value is -2.16. The maximum Gasteiger partial charge on any atom is 0.196 e. The molecular weight excluding hydrogens is 546 g/mol. The van der Waals surface area contributed by atoms with Crippen LogP contribution in [0.25, 0.3) is 16.6 Å². The normalized spacial score (nSPS) is 11.5. The van der Waals surface area contributed by atoms with Crippen molar-refractivity contribution in [1.82, 2.24) is 19.3 Å². The van der Waals surface area contributed by atoms with Gasteiger partial charge in [0.1, 0.15) is 11.6 Å². The lowest BCUT2D eigenvalue weighted by Crippen LogP contribution is -2.04. The fraction of sp³-hybridized carbons (Fsp3) is 0.120. The summed E-state index contributed by atoms with van der Waals surface area (Å²) in [7, 11) is 2.03. The Kier molecular flexibility index (Phi) is 7.32. The first kappa shape index (κ1) is 24.5. The van der Waals surface area contributed by atoms with E-state index in [1.54, 1.807) is 36.0 Å². The lowest BCUT2D eigenvalue weighted by molar-refractivity contribution is 0.617. The molecule has 0 N–H and O–H groups in total. The Labute approximate surface area is 225 Å². The smallest absolute Gasteiger partial charge is 0.196 e. The summed E-state index contributed by atoms with van der Waals surface area (Å²) in [6.45, 7) is 0. The molecule has 35 heavy (non-hydrogen) atoms. The maximum absolute atomic E-state index is 14.3. The number of halogens is 4. The maximum atomic E-state index is 14.3. The number of nitrogens with zero attached hydrogens (tertiary/aromatic N) is 4. The van der Waals surface area contributed by atoms with Gasteiger partial charge in [-0.25, -0.2) is 4.39 Å². The zero-order valence-electron chi connectivity index (χ0n) is 18.4. The van der Waals surface area contributed by atoms with Crippen molar-refractivity contribution in [3.63, 3.8) is 0 Å². The number of hydrogen-bond acceptors (Lipinski definition) is 4. The summed E-state index contributed by atoms with van der Waals surface area (Å²) in [6, 6.07) is 18.1. The monoisotopic (exact) mass is 562 g/mol. The lowest BCUT2D eigenvalue weighted by Gasteiger charge is -2.13. The average molecular weight is 564 g/mol. The van der Waals surface area contributed by atoms with Gasteiger partial charge in [-0.3, -0.25) is 4.57 Å². The van der Waals surface area contributed by atoms with Crippen LogP contribution in [0.4, 0.5) is 4.39 Å². The number of rotatable bonds is 7. The minimum atomic E-state index is -0.324. The van der Waals surface area contributed by atoms with Crippen LogP contribution in [0.5, 0.6) is 0 Å². The largest absolute Gasteiger partial charge is 0.349 e. The Bertz CT molecular complexity index is 1510. The zero-order valence-corrected chi connectivity index (χ0v) is 22.3. The van der Waals surface area contributed by atoms with Gasteiger partial charge >= 0.3 is 0 Å². The van der Waals surface area contributed by atoms with Gasteiger partial charge in [0.2, 0.25) is 0 Å². The quantitative estimate of drug-likeness (QED) is 0.186. The van der Waals surface area contributed by atoms with Crippen LogP contribution in [0.1, 0.15) is 11.4 Å². The number of benzene rings is 3. The van der Waals surface area contributed by atoms with Gasteiger partial charge in [-0.15, -0.1) is 22.0 Å². The number of hydrogen-bond donors (Lipinski definition) is 0. The molecule has 2 aromatic heterocycles. The second-order valence-electron chi connectivity index (χ2n) is 7.74. The van der Waals surface area contributed by atoms with Crippen LogP contribution in [0.3, 0.4) is 0 Å². The molecule has 4 nitrogen and oxygen atoms in total. The van der Waals surface area contributed by atoms with E-state index in [2.05, 4.69) is 33.1 Å². The van der Waals surface area contributed by atoms with Crippen LogP contribution in [0.15, 0.2) is 76.9 Å². The molecule has 0 saturated carbocycles. The number of fused-ring (bicyclic) bond motifs is 1. The Morgan fingerprint density at radius 2 is 1.66 bits per heavy atom. The van der Waals surface area contributed by atoms with Crippen molar-refractivity contribution in [2.45, 2.75) is 21.6 Å². The molecular formula is C25H18Cl3FN4S2. The van der Waals surface area contributed by atoms with E-state index in [1.165, 1.54) is 29.3 Å². The second kappa shape index (κ2) is 10.4. The summed E-state index contributed by atoms with van der Waals surface area (Å²) in [5.74, 6) is 1.22. The predicted molar refractivity (Wildman–Crippen MR) is 145 cm³/mol. The summed E-state index contributed by atoms with van der Waals surface area (Å²) in [5, 5.41) is 12.0. The van der Waals surface area contributed by atoms with Crippen LogP contribution >= 0.6 is 58.3 Å². The molecule has 0 aliphatic heterocycles. The van der Waals surface area contributed by atoms with Crippen molar-refractivity contribution in [3.05, 3.63) is 99.1 Å². The first-order valence-electron chi connectivity index (χ1n) is 10.5. The molecule has 5 rings (SSSR count). The van der Waals surface area contributed by atoms with Gasteiger partial charge in [-0.2, -0.15) is 0 Å². The topological polar surface area (TPSA) is 35.6 Å².